The minimum Gasteiger partial charge on any atom is -0.462 e. The first-order chi connectivity index (χ1) is 13.0. The lowest BCUT2D eigenvalue weighted by atomic mass is 10.4. The Morgan fingerprint density at radius 2 is 1.59 bits per heavy atom. The normalized spacial score (nSPS) is 14.4. The van der Waals surface area contributed by atoms with E-state index >= 15 is 0 Å². The molecule has 9 heteroatoms. The molecular weight excluding hydrogens is 358 g/mol. The fourth-order valence-electron chi connectivity index (χ4n) is 1.93. The molecule has 2 amide bonds. The second kappa shape index (κ2) is 14.9. The Morgan fingerprint density at radius 3 is 2.15 bits per heavy atom. The van der Waals surface area contributed by atoms with Crippen LogP contribution in [-0.4, -0.2) is 61.3 Å². The number of hydrogen-bond acceptors (Lipinski definition) is 8. The standard InChI is InChI=1S/C16H25NO8.C2H4/c1-3-7-22-10-12(23-8-4-2)11-24-15(20)9-16(21)25-17-13(18)5-6-14(17)19;1-2/h12H,3-11H2,1-2H3;1-2H2. The van der Waals surface area contributed by atoms with Gasteiger partial charge in [0.2, 0.25) is 0 Å². The largest absolute Gasteiger partial charge is 0.462 e. The molecule has 0 aromatic heterocycles. The predicted octanol–water partition coefficient (Wildman–Crippen LogP) is 1.55. The SMILES string of the molecule is C=C.CCCOCC(COC(=O)CC(=O)ON1C(=O)CCC1=O)OCCC. The predicted molar refractivity (Wildman–Crippen MR) is 95.2 cm³/mol. The van der Waals surface area contributed by atoms with Gasteiger partial charge < -0.3 is 19.0 Å². The molecule has 1 unspecified atom stereocenters. The van der Waals surface area contributed by atoms with Gasteiger partial charge in [0.15, 0.2) is 0 Å². The molecule has 0 radical (unpaired) electrons. The van der Waals surface area contributed by atoms with Gasteiger partial charge in [-0.05, 0) is 12.8 Å². The zero-order valence-electron chi connectivity index (χ0n) is 16.1. The summed E-state index contributed by atoms with van der Waals surface area (Å²) in [6.45, 7) is 11.2. The van der Waals surface area contributed by atoms with Gasteiger partial charge in [0.05, 0.1) is 6.61 Å². The summed E-state index contributed by atoms with van der Waals surface area (Å²) in [5, 5.41) is 0.390. The summed E-state index contributed by atoms with van der Waals surface area (Å²) in [7, 11) is 0. The summed E-state index contributed by atoms with van der Waals surface area (Å²) in [4.78, 5) is 50.5. The van der Waals surface area contributed by atoms with Crippen molar-refractivity contribution in [3.8, 4) is 0 Å². The molecule has 0 N–H and O–H groups in total. The molecule has 154 valence electrons. The number of amides is 2. The number of esters is 1. The minimum absolute atomic E-state index is 0.00916. The van der Waals surface area contributed by atoms with Gasteiger partial charge in [0.25, 0.3) is 11.8 Å². The number of hydroxylamine groups is 2. The molecule has 27 heavy (non-hydrogen) atoms. The highest BCUT2D eigenvalue weighted by atomic mass is 16.7. The van der Waals surface area contributed by atoms with Crippen molar-refractivity contribution in [3.05, 3.63) is 13.2 Å². The number of rotatable bonds is 12. The lowest BCUT2D eigenvalue weighted by molar-refractivity contribution is -0.199. The minimum atomic E-state index is -1.03. The van der Waals surface area contributed by atoms with Crippen LogP contribution in [-0.2, 0) is 38.2 Å². The van der Waals surface area contributed by atoms with E-state index in [2.05, 4.69) is 18.0 Å². The van der Waals surface area contributed by atoms with Gasteiger partial charge in [0.1, 0.15) is 19.1 Å². The van der Waals surface area contributed by atoms with Gasteiger partial charge in [-0.1, -0.05) is 13.8 Å². The number of nitrogens with zero attached hydrogens (tertiary/aromatic N) is 1. The molecule has 1 aliphatic heterocycles. The smallest absolute Gasteiger partial charge is 0.344 e. The molecular formula is C18H29NO8. The molecule has 0 aliphatic carbocycles. The second-order valence-electron chi connectivity index (χ2n) is 5.47. The summed E-state index contributed by atoms with van der Waals surface area (Å²) < 4.78 is 15.9. The molecule has 0 aromatic rings. The summed E-state index contributed by atoms with van der Waals surface area (Å²) in [5.74, 6) is -3.06. The zero-order chi connectivity index (χ0) is 20.7. The van der Waals surface area contributed by atoms with Crippen molar-refractivity contribution in [1.82, 2.24) is 5.06 Å². The fraction of sp³-hybridized carbons (Fsp3) is 0.667. The van der Waals surface area contributed by atoms with Crippen molar-refractivity contribution in [2.45, 2.75) is 52.1 Å². The molecule has 0 bridgehead atoms. The average Bonchev–Trinajstić information content (AvgIpc) is 2.97. The zero-order valence-corrected chi connectivity index (χ0v) is 16.1. The van der Waals surface area contributed by atoms with Crippen LogP contribution in [0.5, 0.6) is 0 Å². The Balaban J connectivity index is 0.00000326. The van der Waals surface area contributed by atoms with Crippen LogP contribution in [0.1, 0.15) is 46.0 Å². The molecule has 1 heterocycles. The van der Waals surface area contributed by atoms with Crippen LogP contribution in [0, 0.1) is 0 Å². The first-order valence-electron chi connectivity index (χ1n) is 8.89. The van der Waals surface area contributed by atoms with E-state index in [4.69, 9.17) is 14.2 Å². The van der Waals surface area contributed by atoms with Crippen LogP contribution in [0.2, 0.25) is 0 Å². The highest BCUT2D eigenvalue weighted by Crippen LogP contribution is 2.12. The van der Waals surface area contributed by atoms with E-state index in [1.807, 2.05) is 13.8 Å². The van der Waals surface area contributed by atoms with E-state index in [1.165, 1.54) is 0 Å². The van der Waals surface area contributed by atoms with Crippen molar-refractivity contribution in [1.29, 1.82) is 0 Å². The van der Waals surface area contributed by atoms with E-state index in [0.717, 1.165) is 12.8 Å². The maximum atomic E-state index is 11.7. The van der Waals surface area contributed by atoms with Gasteiger partial charge in [0, 0.05) is 26.1 Å². The molecule has 9 nitrogen and oxygen atoms in total. The van der Waals surface area contributed by atoms with Crippen molar-refractivity contribution in [2.75, 3.05) is 26.4 Å². The average molecular weight is 387 g/mol. The van der Waals surface area contributed by atoms with Gasteiger partial charge >= 0.3 is 11.9 Å². The number of imide groups is 1. The molecule has 1 rings (SSSR count). The van der Waals surface area contributed by atoms with E-state index < -0.39 is 36.3 Å². The monoisotopic (exact) mass is 387 g/mol. The Morgan fingerprint density at radius 1 is 1.00 bits per heavy atom. The first kappa shape index (κ1) is 24.7. The van der Waals surface area contributed by atoms with Crippen LogP contribution < -0.4 is 0 Å². The number of ether oxygens (including phenoxy) is 3. The number of hydrogen-bond donors (Lipinski definition) is 0. The van der Waals surface area contributed by atoms with E-state index in [1.54, 1.807) is 0 Å². The molecule has 1 aliphatic rings. The topological polar surface area (TPSA) is 108 Å². The summed E-state index contributed by atoms with van der Waals surface area (Å²) in [6, 6.07) is 0. The molecule has 1 saturated heterocycles. The van der Waals surface area contributed by atoms with Crippen LogP contribution in [0.4, 0.5) is 0 Å². The van der Waals surface area contributed by atoms with Gasteiger partial charge in [-0.3, -0.25) is 14.4 Å². The Bertz CT molecular complexity index is 478. The van der Waals surface area contributed by atoms with Crippen molar-refractivity contribution < 1.29 is 38.2 Å². The van der Waals surface area contributed by atoms with Crippen LogP contribution >= 0.6 is 0 Å². The molecule has 1 atom stereocenters. The Hall–Kier alpha value is -2.26. The summed E-state index contributed by atoms with van der Waals surface area (Å²) >= 11 is 0. The number of carbonyl (C=O) groups is 4. The van der Waals surface area contributed by atoms with E-state index in [-0.39, 0.29) is 26.1 Å². The summed E-state index contributed by atoms with van der Waals surface area (Å²) in [6.07, 6.45) is 0.527. The van der Waals surface area contributed by atoms with Crippen LogP contribution in [0.15, 0.2) is 13.2 Å². The highest BCUT2D eigenvalue weighted by molar-refractivity contribution is 6.02. The first-order valence-corrected chi connectivity index (χ1v) is 8.89. The number of carbonyl (C=O) groups excluding carboxylic acids is 4. The fourth-order valence-corrected chi connectivity index (χ4v) is 1.93. The third-order valence-corrected chi connectivity index (χ3v) is 3.13. The van der Waals surface area contributed by atoms with E-state index in [9.17, 15) is 19.2 Å². The lowest BCUT2D eigenvalue weighted by Crippen LogP contribution is -2.33. The van der Waals surface area contributed by atoms with Crippen molar-refractivity contribution in [2.24, 2.45) is 0 Å². The third kappa shape index (κ3) is 10.5. The van der Waals surface area contributed by atoms with Crippen LogP contribution in [0.3, 0.4) is 0 Å². The second-order valence-corrected chi connectivity index (χ2v) is 5.47. The van der Waals surface area contributed by atoms with Crippen LogP contribution in [0.25, 0.3) is 0 Å². The highest BCUT2D eigenvalue weighted by Gasteiger charge is 2.33. The molecule has 0 aromatic carbocycles. The maximum absolute atomic E-state index is 11.7. The summed E-state index contributed by atoms with van der Waals surface area (Å²) in [5.41, 5.74) is 0. The third-order valence-electron chi connectivity index (χ3n) is 3.13. The maximum Gasteiger partial charge on any atom is 0.344 e. The molecule has 0 saturated carbocycles. The lowest BCUT2D eigenvalue weighted by Gasteiger charge is -2.18. The Labute approximate surface area is 159 Å². The molecule has 1 fully saturated rings. The van der Waals surface area contributed by atoms with Gasteiger partial charge in [-0.2, -0.15) is 0 Å². The molecule has 0 spiro atoms. The van der Waals surface area contributed by atoms with Crippen molar-refractivity contribution in [3.63, 3.8) is 0 Å². The quantitative estimate of drug-likeness (QED) is 0.163. The van der Waals surface area contributed by atoms with E-state index in [0.29, 0.717) is 18.3 Å². The Kier molecular flexibility index (Phi) is 13.6. The van der Waals surface area contributed by atoms with Gasteiger partial charge in [-0.15, -0.1) is 18.2 Å². The van der Waals surface area contributed by atoms with Gasteiger partial charge in [-0.25, -0.2) is 4.79 Å². The van der Waals surface area contributed by atoms with Crippen molar-refractivity contribution >= 4 is 23.8 Å².